The zero-order valence-electron chi connectivity index (χ0n) is 11.3. The summed E-state index contributed by atoms with van der Waals surface area (Å²) in [5.41, 5.74) is 0. The van der Waals surface area contributed by atoms with E-state index in [1.165, 1.54) is 0 Å². The Morgan fingerprint density at radius 3 is 2.65 bits per heavy atom. The molecule has 2 aromatic heterocycles. The van der Waals surface area contributed by atoms with Crippen LogP contribution >= 0.6 is 36.2 Å². The van der Waals surface area contributed by atoms with Crippen molar-refractivity contribution < 1.29 is 0 Å². The number of rotatable bonds is 3. The Hall–Kier alpha value is 0.299. The summed E-state index contributed by atoms with van der Waals surface area (Å²) in [5, 5.41) is 12.4. The van der Waals surface area contributed by atoms with Crippen LogP contribution in [0.4, 0.5) is 0 Å². The summed E-state index contributed by atoms with van der Waals surface area (Å²) in [5.74, 6) is 0.775. The standard InChI is InChI=1S/C9H9BrN4S2.2CH3.ClH.Sn/c1-2-8-12-13-9(15)14(8)11-5-6-3-4-7(10)16-6;;;;/h3-5H,2H2,1H3,(H,13,15);2*1H3;1H;/q;;;;+2/p-2/b11-5+;;;;. The van der Waals surface area contributed by atoms with Crippen molar-refractivity contribution in [3.63, 3.8) is 0 Å². The van der Waals surface area contributed by atoms with Crippen LogP contribution in [0, 0.1) is 0 Å². The molecule has 2 aromatic rings. The van der Waals surface area contributed by atoms with E-state index in [4.69, 9.17) is 21.5 Å². The summed E-state index contributed by atoms with van der Waals surface area (Å²) >= 11 is 8.96. The average molecular weight is 500 g/mol. The Morgan fingerprint density at radius 1 is 1.50 bits per heavy atom. The van der Waals surface area contributed by atoms with E-state index in [1.54, 1.807) is 22.2 Å². The maximum atomic E-state index is 5.47. The molecule has 0 N–H and O–H groups in total. The van der Waals surface area contributed by atoms with Crippen molar-refractivity contribution in [2.24, 2.45) is 5.10 Å². The molecule has 0 bridgehead atoms. The summed E-state index contributed by atoms with van der Waals surface area (Å²) in [6.45, 7) is 1.99. The first-order chi connectivity index (χ1) is 9.43. The molecule has 0 spiro atoms. The zero-order valence-corrected chi connectivity index (χ0v) is 18.1. The Labute approximate surface area is 147 Å². The van der Waals surface area contributed by atoms with Crippen molar-refractivity contribution in [3.8, 4) is 0 Å². The number of thiophene rings is 1. The van der Waals surface area contributed by atoms with Gasteiger partial charge in [-0.3, -0.25) is 0 Å². The van der Waals surface area contributed by atoms with E-state index < -0.39 is 18.6 Å². The van der Waals surface area contributed by atoms with E-state index >= 15 is 0 Å². The van der Waals surface area contributed by atoms with E-state index in [2.05, 4.69) is 41.1 Å². The van der Waals surface area contributed by atoms with Crippen molar-refractivity contribution in [1.82, 2.24) is 14.9 Å². The molecule has 0 amide bonds. The fraction of sp³-hybridized carbons (Fsp3) is 0.364. The SMILES string of the molecule is CCc1nnc([S-])n1/N=C/c1ccc(Br)s1.[CH3][Sn+]([CH3])[Cl]. The predicted octanol–water partition coefficient (Wildman–Crippen LogP) is 3.93. The molecule has 2 heterocycles. The number of hydrogen-bond donors (Lipinski definition) is 0. The first kappa shape index (κ1) is 18.3. The third kappa shape index (κ3) is 6.38. The molecule has 2 rings (SSSR count). The van der Waals surface area contributed by atoms with Gasteiger partial charge in [0.05, 0.1) is 10.0 Å². The van der Waals surface area contributed by atoms with Gasteiger partial charge in [0.25, 0.3) is 0 Å². The molecule has 0 atom stereocenters. The van der Waals surface area contributed by atoms with Gasteiger partial charge in [0.2, 0.25) is 0 Å². The van der Waals surface area contributed by atoms with Crippen LogP contribution in [-0.2, 0) is 19.0 Å². The van der Waals surface area contributed by atoms with E-state index in [9.17, 15) is 0 Å². The van der Waals surface area contributed by atoms with Gasteiger partial charge in [0.15, 0.2) is 5.82 Å². The van der Waals surface area contributed by atoms with Gasteiger partial charge in [0, 0.05) is 16.5 Å². The van der Waals surface area contributed by atoms with Crippen LogP contribution in [0.2, 0.25) is 9.88 Å². The normalized spacial score (nSPS) is 10.4. The second-order valence-corrected chi connectivity index (χ2v) is 16.8. The average Bonchev–Trinajstić information content (AvgIpc) is 2.92. The van der Waals surface area contributed by atoms with Crippen molar-refractivity contribution >= 4 is 73.7 Å². The summed E-state index contributed by atoms with van der Waals surface area (Å²) < 4.78 is 2.66. The van der Waals surface area contributed by atoms with Crippen LogP contribution in [0.25, 0.3) is 0 Å². The molecule has 0 aliphatic carbocycles. The van der Waals surface area contributed by atoms with E-state index in [0.29, 0.717) is 5.16 Å². The minimum absolute atomic E-state index is 0.392. The van der Waals surface area contributed by atoms with Gasteiger partial charge in [-0.2, -0.15) is 10.2 Å². The summed E-state index contributed by atoms with van der Waals surface area (Å²) in [7, 11) is 5.47. The number of aromatic nitrogens is 3. The quantitative estimate of drug-likeness (QED) is 0.365. The topological polar surface area (TPSA) is 43.1 Å². The third-order valence-electron chi connectivity index (χ3n) is 1.89. The number of aryl methyl sites for hydroxylation is 1. The molecule has 0 saturated carbocycles. The minimum atomic E-state index is -1.07. The van der Waals surface area contributed by atoms with E-state index in [0.717, 1.165) is 20.9 Å². The summed E-state index contributed by atoms with van der Waals surface area (Å²) in [6.07, 6.45) is 2.52. The molecule has 108 valence electrons. The van der Waals surface area contributed by atoms with Gasteiger partial charge >= 0.3 is 37.4 Å². The van der Waals surface area contributed by atoms with Crippen molar-refractivity contribution in [1.29, 1.82) is 0 Å². The molecule has 0 aromatic carbocycles. The summed E-state index contributed by atoms with van der Waals surface area (Å²) in [6, 6.07) is 3.96. The number of nitrogens with zero attached hydrogens (tertiary/aromatic N) is 4. The Balaban J connectivity index is 0.000000444. The van der Waals surface area contributed by atoms with E-state index in [-0.39, 0.29) is 0 Å². The third-order valence-corrected chi connectivity index (χ3v) is 3.70. The molecule has 9 heteroatoms. The summed E-state index contributed by atoms with van der Waals surface area (Å²) in [4.78, 5) is 5.31. The van der Waals surface area contributed by atoms with Crippen LogP contribution in [0.5, 0.6) is 0 Å². The van der Waals surface area contributed by atoms with Gasteiger partial charge in [-0.05, 0) is 28.1 Å². The van der Waals surface area contributed by atoms with Crippen LogP contribution in [0.1, 0.15) is 17.6 Å². The molecule has 20 heavy (non-hydrogen) atoms. The molecule has 0 unspecified atom stereocenters. The molecular weight excluding hydrogens is 486 g/mol. The molecule has 0 aliphatic rings. The van der Waals surface area contributed by atoms with Gasteiger partial charge in [-0.25, -0.2) is 4.68 Å². The van der Waals surface area contributed by atoms with Gasteiger partial charge in [0.1, 0.15) is 0 Å². The molecule has 0 fully saturated rings. The first-order valence-corrected chi connectivity index (χ1v) is 17.1. The first-order valence-electron chi connectivity index (χ1n) is 5.80. The van der Waals surface area contributed by atoms with Gasteiger partial charge in [-0.15, -0.1) is 16.4 Å². The van der Waals surface area contributed by atoms with Crippen LogP contribution in [0.15, 0.2) is 26.2 Å². The molecule has 0 aliphatic heterocycles. The maximum absolute atomic E-state index is 5.47. The second kappa shape index (κ2) is 9.34. The predicted molar refractivity (Wildman–Crippen MR) is 93.4 cm³/mol. The Kier molecular flexibility index (Phi) is 8.57. The molecular formula is C11H14BrClN4S2Sn. The molecule has 4 nitrogen and oxygen atoms in total. The van der Waals surface area contributed by atoms with Crippen LogP contribution < -0.4 is 0 Å². The number of halogens is 2. The second-order valence-electron chi connectivity index (χ2n) is 3.83. The van der Waals surface area contributed by atoms with Crippen LogP contribution in [0.3, 0.4) is 0 Å². The monoisotopic (exact) mass is 500 g/mol. The Bertz CT molecular complexity index is 568. The fourth-order valence-electron chi connectivity index (χ4n) is 1.14. The fourth-order valence-corrected chi connectivity index (χ4v) is 2.63. The van der Waals surface area contributed by atoms with Crippen molar-refractivity contribution in [2.45, 2.75) is 28.4 Å². The van der Waals surface area contributed by atoms with Crippen molar-refractivity contribution in [2.75, 3.05) is 0 Å². The van der Waals surface area contributed by atoms with Crippen molar-refractivity contribution in [3.05, 3.63) is 26.6 Å². The molecule has 0 radical (unpaired) electrons. The Morgan fingerprint density at radius 2 is 2.15 bits per heavy atom. The van der Waals surface area contributed by atoms with Crippen LogP contribution in [-0.4, -0.2) is 39.7 Å². The van der Waals surface area contributed by atoms with E-state index in [1.807, 2.05) is 19.1 Å². The van der Waals surface area contributed by atoms with Gasteiger partial charge < -0.3 is 12.6 Å². The molecule has 0 saturated heterocycles. The van der Waals surface area contributed by atoms with Gasteiger partial charge in [-0.1, -0.05) is 6.92 Å². The number of hydrogen-bond acceptors (Lipinski definition) is 5. The zero-order chi connectivity index (χ0) is 15.1.